The molecule has 0 unspecified atom stereocenters. The molecule has 0 spiro atoms. The molecule has 117 valence electrons. The Kier molecular flexibility index (Phi) is 8.14. The molecular formula is C20H27OSi. The molecule has 0 saturated carbocycles. The van der Waals surface area contributed by atoms with Gasteiger partial charge in [-0.05, 0) is 28.5 Å². The minimum absolute atomic E-state index is 0.187. The molecular weight excluding hydrogens is 284 g/mol. The van der Waals surface area contributed by atoms with Crippen LogP contribution in [-0.4, -0.2) is 17.1 Å². The van der Waals surface area contributed by atoms with Crippen molar-refractivity contribution in [2.75, 3.05) is 6.61 Å². The van der Waals surface area contributed by atoms with Crippen molar-refractivity contribution in [2.45, 2.75) is 46.0 Å². The maximum absolute atomic E-state index is 4.59. The highest BCUT2D eigenvalue weighted by molar-refractivity contribution is 5.97. The van der Waals surface area contributed by atoms with Crippen molar-refractivity contribution in [1.29, 1.82) is 0 Å². The normalized spacial score (nSPS) is 10.8. The highest BCUT2D eigenvalue weighted by atomic mass is 28.2. The van der Waals surface area contributed by atoms with Crippen LogP contribution in [0.25, 0.3) is 11.1 Å². The second-order valence-corrected chi connectivity index (χ2v) is 6.65. The lowest BCUT2D eigenvalue weighted by Crippen LogP contribution is -2.12. The molecule has 2 aromatic carbocycles. The maximum Gasteiger partial charge on any atom is 0.246 e. The Morgan fingerprint density at radius 1 is 0.909 bits per heavy atom. The van der Waals surface area contributed by atoms with Crippen LogP contribution in [0.15, 0.2) is 54.6 Å². The molecule has 2 heteroatoms. The summed E-state index contributed by atoms with van der Waals surface area (Å²) in [6, 6.07) is 19.2. The van der Waals surface area contributed by atoms with Gasteiger partial charge in [0.25, 0.3) is 0 Å². The molecule has 0 aromatic heterocycles. The number of benzene rings is 2. The molecule has 0 aliphatic carbocycles. The van der Waals surface area contributed by atoms with Crippen molar-refractivity contribution in [2.24, 2.45) is 0 Å². The molecule has 0 heterocycles. The quantitative estimate of drug-likeness (QED) is 0.532. The SMILES string of the molecule is CC(C)(C)c1ccccc1-c1ccccc1.CCCCO[Si]. The first kappa shape index (κ1) is 18.7. The summed E-state index contributed by atoms with van der Waals surface area (Å²) in [5, 5.41) is 0. The molecule has 0 aliphatic rings. The fraction of sp³-hybridized carbons (Fsp3) is 0.400. The van der Waals surface area contributed by atoms with Crippen molar-refractivity contribution < 1.29 is 4.43 Å². The Morgan fingerprint density at radius 2 is 1.50 bits per heavy atom. The molecule has 0 N–H and O–H groups in total. The van der Waals surface area contributed by atoms with Gasteiger partial charge in [-0.15, -0.1) is 0 Å². The van der Waals surface area contributed by atoms with E-state index in [1.807, 2.05) is 0 Å². The van der Waals surface area contributed by atoms with E-state index in [2.05, 4.69) is 97.2 Å². The van der Waals surface area contributed by atoms with Crippen LogP contribution in [0.1, 0.15) is 46.1 Å². The summed E-state index contributed by atoms with van der Waals surface area (Å²) in [5.74, 6) is 0. The lowest BCUT2D eigenvalue weighted by Gasteiger charge is -2.23. The molecule has 2 rings (SSSR count). The molecule has 0 atom stereocenters. The molecule has 0 aliphatic heterocycles. The van der Waals surface area contributed by atoms with E-state index in [9.17, 15) is 0 Å². The molecule has 3 radical (unpaired) electrons. The Labute approximate surface area is 139 Å². The zero-order chi connectivity index (χ0) is 16.4. The van der Waals surface area contributed by atoms with Crippen molar-refractivity contribution >= 4 is 10.5 Å². The van der Waals surface area contributed by atoms with Gasteiger partial charge in [0.15, 0.2) is 0 Å². The van der Waals surface area contributed by atoms with E-state index in [-0.39, 0.29) is 5.41 Å². The summed E-state index contributed by atoms with van der Waals surface area (Å²) in [7, 11) is 2.89. The van der Waals surface area contributed by atoms with Crippen LogP contribution < -0.4 is 0 Å². The van der Waals surface area contributed by atoms with Crippen LogP contribution in [0.4, 0.5) is 0 Å². The Balaban J connectivity index is 0.000000346. The number of hydrogen-bond acceptors (Lipinski definition) is 1. The third-order valence-corrected chi connectivity index (χ3v) is 3.62. The van der Waals surface area contributed by atoms with Crippen molar-refractivity contribution in [3.8, 4) is 11.1 Å². The maximum atomic E-state index is 4.59. The smallest absolute Gasteiger partial charge is 0.246 e. The van der Waals surface area contributed by atoms with Gasteiger partial charge in [-0.1, -0.05) is 88.7 Å². The monoisotopic (exact) mass is 311 g/mol. The Hall–Kier alpha value is -1.38. The van der Waals surface area contributed by atoms with Crippen LogP contribution in [0.3, 0.4) is 0 Å². The van der Waals surface area contributed by atoms with Crippen LogP contribution in [-0.2, 0) is 9.84 Å². The first-order chi connectivity index (χ1) is 10.5. The minimum atomic E-state index is 0.187. The zero-order valence-electron chi connectivity index (χ0n) is 14.2. The first-order valence-electron chi connectivity index (χ1n) is 7.94. The largest absolute Gasteiger partial charge is 0.419 e. The predicted molar refractivity (Wildman–Crippen MR) is 97.2 cm³/mol. The molecule has 0 fully saturated rings. The van der Waals surface area contributed by atoms with Gasteiger partial charge in [0.2, 0.25) is 10.5 Å². The van der Waals surface area contributed by atoms with Crippen molar-refractivity contribution in [3.05, 3.63) is 60.2 Å². The van der Waals surface area contributed by atoms with Crippen LogP contribution >= 0.6 is 0 Å². The molecule has 0 saturated heterocycles. The Bertz CT molecular complexity index is 525. The van der Waals surface area contributed by atoms with Gasteiger partial charge in [0, 0.05) is 6.61 Å². The fourth-order valence-corrected chi connectivity index (χ4v) is 2.37. The summed E-state index contributed by atoms with van der Waals surface area (Å²) in [6.07, 6.45) is 2.34. The lowest BCUT2D eigenvalue weighted by molar-refractivity contribution is 0.339. The summed E-state index contributed by atoms with van der Waals surface area (Å²) in [6.45, 7) is 9.73. The van der Waals surface area contributed by atoms with Crippen LogP contribution in [0, 0.1) is 0 Å². The summed E-state index contributed by atoms with van der Waals surface area (Å²) in [4.78, 5) is 0. The third-order valence-electron chi connectivity index (χ3n) is 3.42. The fourth-order valence-electron chi connectivity index (χ4n) is 2.22. The van der Waals surface area contributed by atoms with Gasteiger partial charge in [0.05, 0.1) is 0 Å². The van der Waals surface area contributed by atoms with Gasteiger partial charge >= 0.3 is 0 Å². The number of hydrogen-bond donors (Lipinski definition) is 0. The lowest BCUT2D eigenvalue weighted by atomic mass is 9.82. The molecule has 2 aromatic rings. The molecule has 0 bridgehead atoms. The van der Waals surface area contributed by atoms with Gasteiger partial charge < -0.3 is 4.43 Å². The van der Waals surface area contributed by atoms with E-state index in [0.29, 0.717) is 0 Å². The topological polar surface area (TPSA) is 9.23 Å². The van der Waals surface area contributed by atoms with E-state index < -0.39 is 0 Å². The molecule has 1 nitrogen and oxygen atoms in total. The van der Waals surface area contributed by atoms with E-state index in [1.165, 1.54) is 23.1 Å². The van der Waals surface area contributed by atoms with Gasteiger partial charge in [-0.25, -0.2) is 0 Å². The molecule has 22 heavy (non-hydrogen) atoms. The third kappa shape index (κ3) is 6.16. The second kappa shape index (κ2) is 9.60. The van der Waals surface area contributed by atoms with Crippen LogP contribution in [0.2, 0.25) is 0 Å². The van der Waals surface area contributed by atoms with Crippen molar-refractivity contribution in [3.63, 3.8) is 0 Å². The van der Waals surface area contributed by atoms with E-state index >= 15 is 0 Å². The van der Waals surface area contributed by atoms with Crippen molar-refractivity contribution in [1.82, 2.24) is 0 Å². The van der Waals surface area contributed by atoms with E-state index in [1.54, 1.807) is 0 Å². The Morgan fingerprint density at radius 3 is 2.00 bits per heavy atom. The van der Waals surface area contributed by atoms with E-state index in [0.717, 1.165) is 13.0 Å². The first-order valence-corrected chi connectivity index (χ1v) is 8.35. The minimum Gasteiger partial charge on any atom is -0.419 e. The zero-order valence-corrected chi connectivity index (χ0v) is 15.2. The highest BCUT2D eigenvalue weighted by Gasteiger charge is 2.17. The summed E-state index contributed by atoms with van der Waals surface area (Å²) >= 11 is 0. The standard InChI is InChI=1S/C16H18.C4H9OSi/c1-16(2,3)15-12-8-7-11-14(15)13-9-5-4-6-10-13;1-2-3-4-5-6/h4-12H,1-3H3;2-4H2,1H3. The number of rotatable bonds is 4. The van der Waals surface area contributed by atoms with Gasteiger partial charge in [-0.3, -0.25) is 0 Å². The summed E-state index contributed by atoms with van der Waals surface area (Å²) < 4.78 is 4.59. The predicted octanol–water partition coefficient (Wildman–Crippen LogP) is 5.54. The second-order valence-electron chi connectivity index (χ2n) is 6.36. The number of unbranched alkanes of at least 4 members (excludes halogenated alkanes) is 1. The van der Waals surface area contributed by atoms with Crippen LogP contribution in [0.5, 0.6) is 0 Å². The van der Waals surface area contributed by atoms with Gasteiger partial charge in [-0.2, -0.15) is 0 Å². The average molecular weight is 312 g/mol. The van der Waals surface area contributed by atoms with E-state index in [4.69, 9.17) is 0 Å². The summed E-state index contributed by atoms with van der Waals surface area (Å²) in [5.41, 5.74) is 4.23. The van der Waals surface area contributed by atoms with Gasteiger partial charge in [0.1, 0.15) is 0 Å². The average Bonchev–Trinajstić information content (AvgIpc) is 2.53. The highest BCUT2D eigenvalue weighted by Crippen LogP contribution is 2.32. The molecule has 0 amide bonds.